The molecule has 10 heteroatoms. The van der Waals surface area contributed by atoms with Crippen LogP contribution in [-0.2, 0) is 22.4 Å². The Morgan fingerprint density at radius 1 is 0.902 bits per heavy atom. The Morgan fingerprint density at radius 2 is 1.59 bits per heavy atom. The number of benzene rings is 3. The number of amides is 2. The first-order valence-electron chi connectivity index (χ1n) is 17.5. The van der Waals surface area contributed by atoms with Crippen molar-refractivity contribution in [1.29, 1.82) is 0 Å². The molecule has 4 rings (SSSR count). The Labute approximate surface area is 301 Å². The average molecular weight is 705 g/mol. The highest BCUT2D eigenvalue weighted by atomic mass is 19.1. The number of alkyl carbamates (subject to hydrolysis) is 1. The van der Waals surface area contributed by atoms with Crippen molar-refractivity contribution in [3.05, 3.63) is 82.7 Å². The summed E-state index contributed by atoms with van der Waals surface area (Å²) in [5, 5.41) is 2.74. The maximum atomic E-state index is 15.5. The summed E-state index contributed by atoms with van der Waals surface area (Å²) < 4.78 is 37.8. The van der Waals surface area contributed by atoms with Gasteiger partial charge in [0.1, 0.15) is 23.7 Å². The number of carbonyl (C=O) groups excluding carboxylic acids is 3. The van der Waals surface area contributed by atoms with Crippen LogP contribution in [0.25, 0.3) is 0 Å². The van der Waals surface area contributed by atoms with Gasteiger partial charge in [0.25, 0.3) is 5.91 Å². The van der Waals surface area contributed by atoms with Crippen molar-refractivity contribution in [3.63, 3.8) is 0 Å². The van der Waals surface area contributed by atoms with E-state index in [2.05, 4.69) is 5.32 Å². The first-order valence-corrected chi connectivity index (χ1v) is 17.5. The highest BCUT2D eigenvalue weighted by Crippen LogP contribution is 2.41. The molecule has 2 amide bonds. The van der Waals surface area contributed by atoms with Crippen molar-refractivity contribution in [2.75, 3.05) is 18.6 Å². The molecule has 0 unspecified atom stereocenters. The van der Waals surface area contributed by atoms with Crippen LogP contribution in [-0.4, -0.2) is 48.9 Å². The van der Waals surface area contributed by atoms with E-state index in [0.29, 0.717) is 17.2 Å². The molecule has 0 saturated carbocycles. The zero-order valence-electron chi connectivity index (χ0n) is 31.9. The van der Waals surface area contributed by atoms with Gasteiger partial charge in [0.05, 0.1) is 23.8 Å². The minimum Gasteiger partial charge on any atom is -0.497 e. The normalized spacial score (nSPS) is 14.7. The molecule has 0 aromatic heterocycles. The van der Waals surface area contributed by atoms with Crippen molar-refractivity contribution in [2.45, 2.75) is 112 Å². The van der Waals surface area contributed by atoms with E-state index in [1.54, 1.807) is 52.7 Å². The summed E-state index contributed by atoms with van der Waals surface area (Å²) in [4.78, 5) is 40.6. The molecule has 1 atom stereocenters. The fourth-order valence-corrected chi connectivity index (χ4v) is 5.91. The van der Waals surface area contributed by atoms with Gasteiger partial charge in [-0.3, -0.25) is 9.59 Å². The zero-order chi connectivity index (χ0) is 37.9. The number of methoxy groups -OCH3 is 1. The van der Waals surface area contributed by atoms with E-state index >= 15 is 4.39 Å². The number of anilines is 1. The van der Waals surface area contributed by atoms with Crippen LogP contribution in [0.2, 0.25) is 0 Å². The van der Waals surface area contributed by atoms with E-state index in [1.165, 1.54) is 12.1 Å². The van der Waals surface area contributed by atoms with Gasteiger partial charge in [-0.15, -0.1) is 0 Å². The van der Waals surface area contributed by atoms with Crippen molar-refractivity contribution < 1.29 is 37.7 Å². The zero-order valence-corrected chi connectivity index (χ0v) is 31.9. The van der Waals surface area contributed by atoms with E-state index in [0.717, 1.165) is 36.0 Å². The number of hydrogen-bond acceptors (Lipinski definition) is 7. The molecule has 276 valence electrons. The van der Waals surface area contributed by atoms with Crippen LogP contribution in [0.15, 0.2) is 54.6 Å². The lowest BCUT2D eigenvalue weighted by molar-refractivity contribution is -0.143. The number of aryl methyl sites for hydroxylation is 1. The van der Waals surface area contributed by atoms with Crippen molar-refractivity contribution in [2.24, 2.45) is 5.41 Å². The Kier molecular flexibility index (Phi) is 11.8. The summed E-state index contributed by atoms with van der Waals surface area (Å²) >= 11 is 0. The average Bonchev–Trinajstić information content (AvgIpc) is 3.02. The lowest BCUT2D eigenvalue weighted by Gasteiger charge is -2.33. The quantitative estimate of drug-likeness (QED) is 0.166. The number of hydrogen-bond donors (Lipinski definition) is 1. The minimum absolute atomic E-state index is 0.0321. The van der Waals surface area contributed by atoms with Gasteiger partial charge in [0.15, 0.2) is 11.6 Å². The largest absolute Gasteiger partial charge is 0.497 e. The molecule has 0 bridgehead atoms. The standard InChI is InChI=1S/C41H53FN2O7/c1-25(2)44(36(45)29-15-19-35(33(42)22-29)49-24-41(9,10)43-38(47)51-40(6,7)8)34-23-30(48-11)17-18-32(34)28-13-12-27-21-31(16-14-26(27)20-28)50-37(46)39(3,4)5/h14-19,21-23,25,28H,12-13,20,24H2,1-11H3,(H,43,47)/t28-/m1/s1. The third-order valence-corrected chi connectivity index (χ3v) is 8.51. The monoisotopic (exact) mass is 704 g/mol. The van der Waals surface area contributed by atoms with Gasteiger partial charge in [-0.2, -0.15) is 0 Å². The number of nitrogens with zero attached hydrogens (tertiary/aromatic N) is 1. The van der Waals surface area contributed by atoms with Crippen LogP contribution in [0.1, 0.15) is 109 Å². The summed E-state index contributed by atoms with van der Waals surface area (Å²) in [6.07, 6.45) is 1.73. The lowest BCUT2D eigenvalue weighted by atomic mass is 9.79. The van der Waals surface area contributed by atoms with E-state index in [4.69, 9.17) is 18.9 Å². The van der Waals surface area contributed by atoms with Gasteiger partial charge in [0.2, 0.25) is 0 Å². The van der Waals surface area contributed by atoms with Gasteiger partial charge in [-0.25, -0.2) is 9.18 Å². The SMILES string of the molecule is COc1ccc([C@@H]2CCc3cc(OC(=O)C(C)(C)C)ccc3C2)c(N(C(=O)c2ccc(OCC(C)(C)NC(=O)OC(C)(C)C)c(F)c2)C(C)C)c1. The summed E-state index contributed by atoms with van der Waals surface area (Å²) in [6, 6.07) is 15.5. The summed E-state index contributed by atoms with van der Waals surface area (Å²) in [5.41, 5.74) is 2.03. The number of carbonyl (C=O) groups is 3. The first kappa shape index (κ1) is 39.2. The molecule has 0 fully saturated rings. The smallest absolute Gasteiger partial charge is 0.408 e. The maximum Gasteiger partial charge on any atom is 0.408 e. The molecule has 0 heterocycles. The second-order valence-corrected chi connectivity index (χ2v) is 16.1. The Morgan fingerprint density at radius 3 is 2.20 bits per heavy atom. The molecule has 3 aromatic rings. The molecule has 51 heavy (non-hydrogen) atoms. The van der Waals surface area contributed by atoms with Crippen LogP contribution >= 0.6 is 0 Å². The third kappa shape index (κ3) is 10.2. The fourth-order valence-electron chi connectivity index (χ4n) is 5.91. The van der Waals surface area contributed by atoms with Crippen LogP contribution in [0.3, 0.4) is 0 Å². The van der Waals surface area contributed by atoms with Gasteiger partial charge in [-0.05, 0) is 148 Å². The summed E-state index contributed by atoms with van der Waals surface area (Å²) in [7, 11) is 1.58. The van der Waals surface area contributed by atoms with Crippen LogP contribution in [0.4, 0.5) is 14.9 Å². The summed E-state index contributed by atoms with van der Waals surface area (Å²) in [6.45, 7) is 18.1. The van der Waals surface area contributed by atoms with Crippen molar-refractivity contribution >= 4 is 23.7 Å². The Balaban J connectivity index is 1.56. The van der Waals surface area contributed by atoms with Gasteiger partial charge >= 0.3 is 12.1 Å². The first-order chi connectivity index (χ1) is 23.7. The molecule has 1 N–H and O–H groups in total. The molecule has 0 radical (unpaired) electrons. The van der Waals surface area contributed by atoms with E-state index < -0.39 is 28.5 Å². The van der Waals surface area contributed by atoms with Crippen LogP contribution < -0.4 is 24.4 Å². The number of halogens is 1. The van der Waals surface area contributed by atoms with E-state index in [-0.39, 0.29) is 41.8 Å². The van der Waals surface area contributed by atoms with Crippen LogP contribution in [0, 0.1) is 11.2 Å². The number of fused-ring (bicyclic) bond motifs is 1. The lowest BCUT2D eigenvalue weighted by Crippen LogP contribution is -2.49. The number of nitrogens with one attached hydrogen (secondary N) is 1. The molecule has 3 aromatic carbocycles. The topological polar surface area (TPSA) is 103 Å². The van der Waals surface area contributed by atoms with Gasteiger partial charge < -0.3 is 29.2 Å². The highest BCUT2D eigenvalue weighted by molar-refractivity contribution is 6.07. The van der Waals surface area contributed by atoms with Crippen molar-refractivity contribution in [3.8, 4) is 17.2 Å². The highest BCUT2D eigenvalue weighted by Gasteiger charge is 2.31. The second-order valence-electron chi connectivity index (χ2n) is 16.1. The van der Waals surface area contributed by atoms with Gasteiger partial charge in [-0.1, -0.05) is 12.1 Å². The molecule has 0 spiro atoms. The molecule has 0 aliphatic heterocycles. The molecular formula is C41H53FN2O7. The van der Waals surface area contributed by atoms with E-state index in [1.807, 2.05) is 71.0 Å². The number of esters is 1. The predicted molar refractivity (Wildman–Crippen MR) is 197 cm³/mol. The summed E-state index contributed by atoms with van der Waals surface area (Å²) in [5.74, 6) is -0.138. The third-order valence-electron chi connectivity index (χ3n) is 8.51. The fraction of sp³-hybridized carbons (Fsp3) is 0.488. The van der Waals surface area contributed by atoms with E-state index in [9.17, 15) is 14.4 Å². The maximum absolute atomic E-state index is 15.5. The molecule has 0 saturated heterocycles. The Bertz CT molecular complexity index is 1750. The number of ether oxygens (including phenoxy) is 4. The second kappa shape index (κ2) is 15.3. The molecule has 1 aliphatic rings. The molecular weight excluding hydrogens is 651 g/mol. The predicted octanol–water partition coefficient (Wildman–Crippen LogP) is 8.80. The Hall–Kier alpha value is -4.60. The van der Waals surface area contributed by atoms with Crippen LogP contribution in [0.5, 0.6) is 17.2 Å². The molecule has 1 aliphatic carbocycles. The van der Waals surface area contributed by atoms with Gasteiger partial charge in [0, 0.05) is 17.7 Å². The van der Waals surface area contributed by atoms with Crippen molar-refractivity contribution in [1.82, 2.24) is 5.32 Å². The number of rotatable bonds is 10. The molecule has 9 nitrogen and oxygen atoms in total. The minimum atomic E-state index is -0.860.